The Labute approximate surface area is 131 Å². The highest BCUT2D eigenvalue weighted by molar-refractivity contribution is 5.70. The second-order valence-corrected chi connectivity index (χ2v) is 7.68. The van der Waals surface area contributed by atoms with Gasteiger partial charge in [0.2, 0.25) is 0 Å². The van der Waals surface area contributed by atoms with Gasteiger partial charge in [0.05, 0.1) is 13.0 Å². The molecule has 0 saturated heterocycles. The highest BCUT2D eigenvalue weighted by Gasteiger charge is 2.37. The van der Waals surface area contributed by atoms with Crippen LogP contribution >= 0.6 is 0 Å². The van der Waals surface area contributed by atoms with Crippen molar-refractivity contribution in [1.82, 2.24) is 5.32 Å². The summed E-state index contributed by atoms with van der Waals surface area (Å²) in [5, 5.41) is 3.69. The number of carbonyl (C=O) groups is 1. The topological polar surface area (TPSA) is 38.3 Å². The lowest BCUT2D eigenvalue weighted by Gasteiger charge is -2.34. The Hall–Kier alpha value is -0.570. The van der Waals surface area contributed by atoms with Gasteiger partial charge in [0.1, 0.15) is 0 Å². The van der Waals surface area contributed by atoms with Crippen LogP contribution in [0.4, 0.5) is 0 Å². The Kier molecular flexibility index (Phi) is 7.19. The van der Waals surface area contributed by atoms with Crippen molar-refractivity contribution in [2.75, 3.05) is 13.2 Å². The molecule has 2 atom stereocenters. The lowest BCUT2D eigenvalue weighted by Crippen LogP contribution is -2.47. The van der Waals surface area contributed by atoms with Crippen molar-refractivity contribution in [2.45, 2.75) is 85.1 Å². The molecular weight excluding hydrogens is 262 g/mol. The van der Waals surface area contributed by atoms with Crippen molar-refractivity contribution < 1.29 is 9.53 Å². The molecule has 21 heavy (non-hydrogen) atoms. The van der Waals surface area contributed by atoms with E-state index in [4.69, 9.17) is 4.74 Å². The van der Waals surface area contributed by atoms with E-state index in [9.17, 15) is 4.79 Å². The molecule has 0 spiro atoms. The van der Waals surface area contributed by atoms with E-state index in [0.29, 0.717) is 18.4 Å². The van der Waals surface area contributed by atoms with Crippen LogP contribution in [-0.2, 0) is 9.53 Å². The third kappa shape index (κ3) is 5.98. The predicted molar refractivity (Wildman–Crippen MR) is 88.3 cm³/mol. The van der Waals surface area contributed by atoms with Crippen LogP contribution in [0.2, 0.25) is 0 Å². The molecule has 1 aliphatic carbocycles. The quantitative estimate of drug-likeness (QED) is 0.586. The molecule has 0 amide bonds. The van der Waals surface area contributed by atoms with E-state index in [1.54, 1.807) is 0 Å². The van der Waals surface area contributed by atoms with Gasteiger partial charge in [-0.1, -0.05) is 34.1 Å². The van der Waals surface area contributed by atoms with Gasteiger partial charge >= 0.3 is 5.97 Å². The highest BCUT2D eigenvalue weighted by atomic mass is 16.5. The van der Waals surface area contributed by atoms with E-state index in [0.717, 1.165) is 31.7 Å². The average molecular weight is 297 g/mol. The summed E-state index contributed by atoms with van der Waals surface area (Å²) in [5.41, 5.74) is 0.326. The lowest BCUT2D eigenvalue weighted by atomic mass is 9.76. The number of rotatable bonds is 6. The smallest absolute Gasteiger partial charge is 0.307 e. The van der Waals surface area contributed by atoms with Gasteiger partial charge in [0, 0.05) is 5.54 Å². The van der Waals surface area contributed by atoms with Crippen molar-refractivity contribution >= 4 is 5.97 Å². The zero-order valence-corrected chi connectivity index (χ0v) is 14.8. The molecule has 0 aliphatic heterocycles. The molecule has 1 aliphatic rings. The first-order valence-electron chi connectivity index (χ1n) is 8.73. The number of carbonyl (C=O) groups excluding carboxylic acids is 1. The normalized spacial score (nSPS) is 27.2. The van der Waals surface area contributed by atoms with Crippen molar-refractivity contribution in [2.24, 2.45) is 11.3 Å². The van der Waals surface area contributed by atoms with Crippen LogP contribution < -0.4 is 5.32 Å². The summed E-state index contributed by atoms with van der Waals surface area (Å²) in [6, 6.07) is 0. The van der Waals surface area contributed by atoms with Crippen molar-refractivity contribution in [1.29, 1.82) is 0 Å². The van der Waals surface area contributed by atoms with Gasteiger partial charge in [-0.15, -0.1) is 0 Å². The van der Waals surface area contributed by atoms with E-state index in [2.05, 4.69) is 33.0 Å². The first-order chi connectivity index (χ1) is 9.83. The van der Waals surface area contributed by atoms with Gasteiger partial charge < -0.3 is 10.1 Å². The van der Waals surface area contributed by atoms with Crippen LogP contribution in [0, 0.1) is 11.3 Å². The summed E-state index contributed by atoms with van der Waals surface area (Å²) in [6.07, 6.45) is 7.51. The van der Waals surface area contributed by atoms with Gasteiger partial charge in [0.25, 0.3) is 0 Å². The lowest BCUT2D eigenvalue weighted by molar-refractivity contribution is -0.145. The first kappa shape index (κ1) is 18.5. The largest absolute Gasteiger partial charge is 0.466 e. The minimum atomic E-state index is -0.0460. The SMILES string of the molecule is CCCNC1(CC(=O)OCC)CCCC(C(C)(C)C)CC1. The Bertz CT molecular complexity index is 322. The van der Waals surface area contributed by atoms with Crippen LogP contribution in [0.5, 0.6) is 0 Å². The van der Waals surface area contributed by atoms with Gasteiger partial charge in [0.15, 0.2) is 0 Å². The molecule has 0 heterocycles. The predicted octanol–water partition coefficient (Wildman–Crippen LogP) is 4.30. The second kappa shape index (κ2) is 8.17. The molecule has 0 aromatic carbocycles. The Morgan fingerprint density at radius 1 is 1.24 bits per heavy atom. The number of esters is 1. The third-order valence-corrected chi connectivity index (χ3v) is 4.94. The fourth-order valence-corrected chi connectivity index (χ4v) is 3.57. The Balaban J connectivity index is 2.75. The van der Waals surface area contributed by atoms with Crippen molar-refractivity contribution in [3.8, 4) is 0 Å². The Morgan fingerprint density at radius 2 is 1.95 bits per heavy atom. The summed E-state index contributed by atoms with van der Waals surface area (Å²) in [7, 11) is 0. The number of hydrogen-bond donors (Lipinski definition) is 1. The fourth-order valence-electron chi connectivity index (χ4n) is 3.57. The maximum atomic E-state index is 12.0. The molecule has 3 heteroatoms. The molecule has 0 radical (unpaired) electrons. The van der Waals surface area contributed by atoms with Crippen molar-refractivity contribution in [3.05, 3.63) is 0 Å². The molecule has 0 aromatic heterocycles. The van der Waals surface area contributed by atoms with Crippen LogP contribution in [0.25, 0.3) is 0 Å². The highest BCUT2D eigenvalue weighted by Crippen LogP contribution is 2.40. The summed E-state index contributed by atoms with van der Waals surface area (Å²) < 4.78 is 5.21. The molecule has 3 nitrogen and oxygen atoms in total. The minimum absolute atomic E-state index is 0.0394. The Morgan fingerprint density at radius 3 is 2.52 bits per heavy atom. The molecular formula is C18H35NO2. The van der Waals surface area contributed by atoms with E-state index >= 15 is 0 Å². The molecule has 1 N–H and O–H groups in total. The van der Waals surface area contributed by atoms with Gasteiger partial charge in [-0.05, 0) is 56.9 Å². The monoisotopic (exact) mass is 297 g/mol. The van der Waals surface area contributed by atoms with Gasteiger partial charge in [-0.3, -0.25) is 4.79 Å². The zero-order chi connectivity index (χ0) is 15.9. The molecule has 0 bridgehead atoms. The molecule has 0 aromatic rings. The standard InChI is InChI=1S/C18H35NO2/c1-6-13-19-18(14-16(20)21-7-2)11-8-9-15(10-12-18)17(3,4)5/h15,19H,6-14H2,1-5H3. The number of hydrogen-bond acceptors (Lipinski definition) is 3. The van der Waals surface area contributed by atoms with Crippen molar-refractivity contribution in [3.63, 3.8) is 0 Å². The first-order valence-corrected chi connectivity index (χ1v) is 8.73. The van der Waals surface area contributed by atoms with Crippen LogP contribution in [0.3, 0.4) is 0 Å². The summed E-state index contributed by atoms with van der Waals surface area (Å²) in [6.45, 7) is 12.6. The molecule has 2 unspecified atom stereocenters. The molecule has 1 saturated carbocycles. The summed E-state index contributed by atoms with van der Waals surface area (Å²) >= 11 is 0. The molecule has 124 valence electrons. The number of ether oxygens (including phenoxy) is 1. The maximum Gasteiger partial charge on any atom is 0.307 e. The van der Waals surface area contributed by atoms with Gasteiger partial charge in [-0.25, -0.2) is 0 Å². The summed E-state index contributed by atoms with van der Waals surface area (Å²) in [5.74, 6) is 0.709. The van der Waals surface area contributed by atoms with E-state index < -0.39 is 0 Å². The average Bonchev–Trinajstić information content (AvgIpc) is 2.59. The second-order valence-electron chi connectivity index (χ2n) is 7.68. The van der Waals surface area contributed by atoms with E-state index in [1.807, 2.05) is 6.92 Å². The third-order valence-electron chi connectivity index (χ3n) is 4.94. The zero-order valence-electron chi connectivity index (χ0n) is 14.8. The summed E-state index contributed by atoms with van der Waals surface area (Å²) in [4.78, 5) is 12.0. The van der Waals surface area contributed by atoms with Crippen LogP contribution in [-0.4, -0.2) is 24.7 Å². The fraction of sp³-hybridized carbons (Fsp3) is 0.944. The number of nitrogens with one attached hydrogen (secondary N) is 1. The van der Waals surface area contributed by atoms with Crippen LogP contribution in [0.15, 0.2) is 0 Å². The molecule has 1 rings (SSSR count). The maximum absolute atomic E-state index is 12.0. The molecule has 1 fully saturated rings. The van der Waals surface area contributed by atoms with Gasteiger partial charge in [-0.2, -0.15) is 0 Å². The minimum Gasteiger partial charge on any atom is -0.466 e. The van der Waals surface area contributed by atoms with E-state index in [-0.39, 0.29) is 11.5 Å². The van der Waals surface area contributed by atoms with E-state index in [1.165, 1.54) is 19.3 Å². The van der Waals surface area contributed by atoms with Crippen LogP contribution in [0.1, 0.15) is 79.6 Å².